The molecule has 0 aliphatic carbocycles. The molecule has 0 amide bonds. The van der Waals surface area contributed by atoms with Crippen LogP contribution in [0.25, 0.3) is 0 Å². The molecule has 0 aromatic rings. The number of hydrogen-bond acceptors (Lipinski definition) is 3. The summed E-state index contributed by atoms with van der Waals surface area (Å²) in [6.45, 7) is 2.56. The van der Waals surface area contributed by atoms with E-state index in [4.69, 9.17) is 9.47 Å². The third-order valence-electron chi connectivity index (χ3n) is 2.24. The van der Waals surface area contributed by atoms with Crippen molar-refractivity contribution >= 4 is 5.97 Å². The SMILES string of the molecule is CC[C@H]1O[C@@]12CCOC2=O. The van der Waals surface area contributed by atoms with E-state index in [0.29, 0.717) is 6.61 Å². The van der Waals surface area contributed by atoms with Crippen LogP contribution in [-0.2, 0) is 14.3 Å². The lowest BCUT2D eigenvalue weighted by molar-refractivity contribution is -0.142. The fourth-order valence-corrected chi connectivity index (χ4v) is 1.55. The minimum absolute atomic E-state index is 0.141. The molecule has 0 N–H and O–H groups in total. The monoisotopic (exact) mass is 142 g/mol. The molecule has 2 rings (SSSR count). The van der Waals surface area contributed by atoms with Gasteiger partial charge < -0.3 is 9.47 Å². The third kappa shape index (κ3) is 0.560. The Labute approximate surface area is 59.3 Å². The van der Waals surface area contributed by atoms with Gasteiger partial charge in [0, 0.05) is 6.42 Å². The summed E-state index contributed by atoms with van der Waals surface area (Å²) >= 11 is 0. The van der Waals surface area contributed by atoms with Crippen molar-refractivity contribution in [2.24, 2.45) is 0 Å². The van der Waals surface area contributed by atoms with Gasteiger partial charge in [0.15, 0.2) is 5.60 Å². The van der Waals surface area contributed by atoms with Gasteiger partial charge in [0.1, 0.15) is 0 Å². The van der Waals surface area contributed by atoms with Crippen molar-refractivity contribution in [3.63, 3.8) is 0 Å². The molecule has 0 radical (unpaired) electrons. The second kappa shape index (κ2) is 1.72. The molecule has 3 heteroatoms. The van der Waals surface area contributed by atoms with Crippen molar-refractivity contribution in [2.45, 2.75) is 31.5 Å². The molecule has 2 fully saturated rings. The van der Waals surface area contributed by atoms with Gasteiger partial charge in [-0.15, -0.1) is 0 Å². The molecular weight excluding hydrogens is 132 g/mol. The van der Waals surface area contributed by atoms with Crippen molar-refractivity contribution in [2.75, 3.05) is 6.61 Å². The van der Waals surface area contributed by atoms with Gasteiger partial charge in [0.05, 0.1) is 12.7 Å². The van der Waals surface area contributed by atoms with Gasteiger partial charge in [-0.25, -0.2) is 4.79 Å². The number of cyclic esters (lactones) is 1. The highest BCUT2D eigenvalue weighted by Crippen LogP contribution is 2.45. The van der Waals surface area contributed by atoms with Gasteiger partial charge in [0.25, 0.3) is 0 Å². The van der Waals surface area contributed by atoms with Gasteiger partial charge in [-0.2, -0.15) is 0 Å². The summed E-state index contributed by atoms with van der Waals surface area (Å²) in [7, 11) is 0. The molecule has 10 heavy (non-hydrogen) atoms. The third-order valence-corrected chi connectivity index (χ3v) is 2.24. The highest BCUT2D eigenvalue weighted by Gasteiger charge is 2.65. The maximum Gasteiger partial charge on any atom is 0.341 e. The molecule has 56 valence electrons. The first-order valence-corrected chi connectivity index (χ1v) is 3.64. The number of esters is 1. The van der Waals surface area contributed by atoms with Crippen molar-refractivity contribution in [3.05, 3.63) is 0 Å². The summed E-state index contributed by atoms with van der Waals surface area (Å²) in [5.41, 5.74) is -0.491. The van der Waals surface area contributed by atoms with Crippen LogP contribution in [0, 0.1) is 0 Å². The summed E-state index contributed by atoms with van der Waals surface area (Å²) in [5, 5.41) is 0. The first kappa shape index (κ1) is 6.16. The molecule has 0 aromatic heterocycles. The van der Waals surface area contributed by atoms with E-state index < -0.39 is 5.60 Å². The fraction of sp³-hybridized carbons (Fsp3) is 0.857. The van der Waals surface area contributed by atoms with E-state index in [1.54, 1.807) is 0 Å². The number of ether oxygens (including phenoxy) is 2. The predicted molar refractivity (Wildman–Crippen MR) is 33.5 cm³/mol. The van der Waals surface area contributed by atoms with Crippen LogP contribution < -0.4 is 0 Å². The van der Waals surface area contributed by atoms with Crippen molar-refractivity contribution in [1.82, 2.24) is 0 Å². The van der Waals surface area contributed by atoms with Gasteiger partial charge in [-0.1, -0.05) is 6.92 Å². The van der Waals surface area contributed by atoms with E-state index in [0.717, 1.165) is 12.8 Å². The highest BCUT2D eigenvalue weighted by molar-refractivity contribution is 5.85. The molecule has 2 heterocycles. The van der Waals surface area contributed by atoms with E-state index >= 15 is 0 Å². The molecule has 2 aliphatic heterocycles. The topological polar surface area (TPSA) is 38.8 Å². The number of carbonyl (C=O) groups is 1. The minimum atomic E-state index is -0.491. The number of carbonyl (C=O) groups excluding carboxylic acids is 1. The van der Waals surface area contributed by atoms with E-state index in [1.807, 2.05) is 6.92 Å². The molecule has 0 unspecified atom stereocenters. The van der Waals surface area contributed by atoms with Gasteiger partial charge in [-0.05, 0) is 6.42 Å². The Kier molecular flexibility index (Phi) is 1.06. The average Bonchev–Trinajstić information content (AvgIpc) is 2.52. The first-order valence-electron chi connectivity index (χ1n) is 3.64. The van der Waals surface area contributed by atoms with Crippen LogP contribution in [0.3, 0.4) is 0 Å². The quantitative estimate of drug-likeness (QED) is 0.395. The largest absolute Gasteiger partial charge is 0.463 e. The summed E-state index contributed by atoms with van der Waals surface area (Å²) in [4.78, 5) is 11.0. The van der Waals surface area contributed by atoms with Crippen LogP contribution in [0.2, 0.25) is 0 Å². The van der Waals surface area contributed by atoms with E-state index in [2.05, 4.69) is 0 Å². The van der Waals surface area contributed by atoms with Gasteiger partial charge >= 0.3 is 5.97 Å². The van der Waals surface area contributed by atoms with Crippen LogP contribution in [0.5, 0.6) is 0 Å². The van der Waals surface area contributed by atoms with E-state index in [1.165, 1.54) is 0 Å². The maximum atomic E-state index is 11.0. The standard InChI is InChI=1S/C7H10O3/c1-2-5-7(10-5)3-4-9-6(7)8/h5H,2-4H2,1H3/t5-,7+/m1/s1. The molecule has 0 saturated carbocycles. The summed E-state index contributed by atoms with van der Waals surface area (Å²) < 4.78 is 10.1. The Morgan fingerprint density at radius 2 is 2.60 bits per heavy atom. The van der Waals surface area contributed by atoms with E-state index in [-0.39, 0.29) is 12.1 Å². The van der Waals surface area contributed by atoms with Crippen molar-refractivity contribution < 1.29 is 14.3 Å². The summed E-state index contributed by atoms with van der Waals surface area (Å²) in [5.74, 6) is -0.153. The van der Waals surface area contributed by atoms with Crippen LogP contribution in [-0.4, -0.2) is 24.3 Å². The number of hydrogen-bond donors (Lipinski definition) is 0. The number of epoxide rings is 1. The molecular formula is C7H10O3. The Morgan fingerprint density at radius 3 is 3.00 bits per heavy atom. The predicted octanol–water partition coefficient (Wildman–Crippen LogP) is 0.481. The lowest BCUT2D eigenvalue weighted by Crippen LogP contribution is -2.20. The highest BCUT2D eigenvalue weighted by atomic mass is 16.7. The molecule has 2 atom stereocenters. The maximum absolute atomic E-state index is 11.0. The molecule has 1 spiro atoms. The Hall–Kier alpha value is -0.570. The zero-order valence-electron chi connectivity index (χ0n) is 5.92. The Balaban J connectivity index is 2.12. The second-order valence-corrected chi connectivity index (χ2v) is 2.79. The Bertz CT molecular complexity index is 178. The summed E-state index contributed by atoms with van der Waals surface area (Å²) in [6, 6.07) is 0. The van der Waals surface area contributed by atoms with Gasteiger partial charge in [-0.3, -0.25) is 0 Å². The zero-order chi connectivity index (χ0) is 7.19. The second-order valence-electron chi connectivity index (χ2n) is 2.79. The average molecular weight is 142 g/mol. The van der Waals surface area contributed by atoms with Crippen LogP contribution >= 0.6 is 0 Å². The van der Waals surface area contributed by atoms with Crippen LogP contribution in [0.1, 0.15) is 19.8 Å². The minimum Gasteiger partial charge on any atom is -0.463 e. The Morgan fingerprint density at radius 1 is 1.80 bits per heavy atom. The molecule has 2 aliphatic rings. The normalized spacial score (nSPS) is 44.1. The smallest absolute Gasteiger partial charge is 0.341 e. The van der Waals surface area contributed by atoms with Crippen molar-refractivity contribution in [1.29, 1.82) is 0 Å². The lowest BCUT2D eigenvalue weighted by atomic mass is 10.0. The summed E-state index contributed by atoms with van der Waals surface area (Å²) in [6.07, 6.45) is 1.81. The molecule has 0 aromatic carbocycles. The molecule has 2 saturated heterocycles. The fourth-order valence-electron chi connectivity index (χ4n) is 1.55. The first-order chi connectivity index (χ1) is 4.79. The molecule has 0 bridgehead atoms. The number of rotatable bonds is 1. The lowest BCUT2D eigenvalue weighted by Gasteiger charge is -1.93. The molecule has 3 nitrogen and oxygen atoms in total. The van der Waals surface area contributed by atoms with Gasteiger partial charge in [0.2, 0.25) is 0 Å². The van der Waals surface area contributed by atoms with Crippen molar-refractivity contribution in [3.8, 4) is 0 Å². The van der Waals surface area contributed by atoms with Crippen LogP contribution in [0.15, 0.2) is 0 Å². The zero-order valence-corrected chi connectivity index (χ0v) is 5.92. The van der Waals surface area contributed by atoms with Crippen LogP contribution in [0.4, 0.5) is 0 Å². The van der Waals surface area contributed by atoms with E-state index in [9.17, 15) is 4.79 Å².